The van der Waals surface area contributed by atoms with E-state index in [-0.39, 0.29) is 11.9 Å². The van der Waals surface area contributed by atoms with Crippen molar-refractivity contribution in [3.05, 3.63) is 41.0 Å². The number of carbonyl (C=O) groups is 1. The third-order valence-corrected chi connectivity index (χ3v) is 3.68. The van der Waals surface area contributed by atoms with E-state index in [1.807, 2.05) is 11.0 Å². The zero-order valence-corrected chi connectivity index (χ0v) is 11.7. The van der Waals surface area contributed by atoms with E-state index in [9.17, 15) is 4.79 Å². The molecular formula is C16H22N2O. The predicted molar refractivity (Wildman–Crippen MR) is 78.7 cm³/mol. The van der Waals surface area contributed by atoms with Crippen LogP contribution in [0.15, 0.2) is 24.3 Å². The van der Waals surface area contributed by atoms with Gasteiger partial charge in [-0.15, -0.1) is 0 Å². The third-order valence-electron chi connectivity index (χ3n) is 3.68. The van der Waals surface area contributed by atoms with Crippen molar-refractivity contribution in [1.29, 1.82) is 0 Å². The van der Waals surface area contributed by atoms with E-state index in [1.54, 1.807) is 6.08 Å². The smallest absolute Gasteiger partial charge is 0.246 e. The number of carbonyl (C=O) groups excluding carboxylic acids is 1. The van der Waals surface area contributed by atoms with Gasteiger partial charge in [-0.2, -0.15) is 0 Å². The van der Waals surface area contributed by atoms with E-state index in [2.05, 4.69) is 32.0 Å². The molecule has 0 aliphatic carbocycles. The van der Waals surface area contributed by atoms with Gasteiger partial charge in [-0.1, -0.05) is 23.8 Å². The number of rotatable bonds is 2. The van der Waals surface area contributed by atoms with E-state index in [4.69, 9.17) is 5.73 Å². The molecule has 0 radical (unpaired) electrons. The topological polar surface area (TPSA) is 46.3 Å². The molecule has 2 rings (SSSR count). The second kappa shape index (κ2) is 6.02. The molecule has 102 valence electrons. The fourth-order valence-corrected chi connectivity index (χ4v) is 2.40. The zero-order valence-electron chi connectivity index (χ0n) is 11.7. The Morgan fingerprint density at radius 2 is 2.00 bits per heavy atom. The molecule has 3 nitrogen and oxygen atoms in total. The second-order valence-corrected chi connectivity index (χ2v) is 5.36. The van der Waals surface area contributed by atoms with Crippen LogP contribution >= 0.6 is 0 Å². The molecular weight excluding hydrogens is 236 g/mol. The van der Waals surface area contributed by atoms with Crippen molar-refractivity contribution >= 4 is 12.0 Å². The van der Waals surface area contributed by atoms with Gasteiger partial charge in [0, 0.05) is 25.2 Å². The first-order valence-electron chi connectivity index (χ1n) is 6.86. The van der Waals surface area contributed by atoms with Gasteiger partial charge in [0.2, 0.25) is 5.91 Å². The summed E-state index contributed by atoms with van der Waals surface area (Å²) in [5.74, 6) is 0.0897. The quantitative estimate of drug-likeness (QED) is 0.827. The van der Waals surface area contributed by atoms with Crippen LogP contribution in [0.25, 0.3) is 6.08 Å². The van der Waals surface area contributed by atoms with Crippen LogP contribution in [0.1, 0.15) is 29.5 Å². The van der Waals surface area contributed by atoms with Crippen molar-refractivity contribution in [2.45, 2.75) is 32.7 Å². The number of likely N-dealkylation sites (tertiary alicyclic amines) is 1. The number of nitrogens with two attached hydrogens (primary N) is 1. The van der Waals surface area contributed by atoms with Crippen molar-refractivity contribution < 1.29 is 4.79 Å². The third kappa shape index (κ3) is 3.67. The molecule has 0 atom stereocenters. The van der Waals surface area contributed by atoms with Crippen molar-refractivity contribution in [2.75, 3.05) is 13.1 Å². The monoisotopic (exact) mass is 258 g/mol. The van der Waals surface area contributed by atoms with Crippen LogP contribution in [0.4, 0.5) is 0 Å². The Morgan fingerprint density at radius 1 is 1.32 bits per heavy atom. The van der Waals surface area contributed by atoms with Crippen LogP contribution in [-0.4, -0.2) is 29.9 Å². The van der Waals surface area contributed by atoms with Crippen molar-refractivity contribution in [2.24, 2.45) is 5.73 Å². The summed E-state index contributed by atoms with van der Waals surface area (Å²) in [6.07, 6.45) is 5.40. The van der Waals surface area contributed by atoms with Crippen molar-refractivity contribution in [3.8, 4) is 0 Å². The minimum Gasteiger partial charge on any atom is -0.339 e. The first-order chi connectivity index (χ1) is 9.06. The van der Waals surface area contributed by atoms with Crippen molar-refractivity contribution in [3.63, 3.8) is 0 Å². The van der Waals surface area contributed by atoms with E-state index < -0.39 is 0 Å². The number of piperidine rings is 1. The summed E-state index contributed by atoms with van der Waals surface area (Å²) in [4.78, 5) is 13.9. The lowest BCUT2D eigenvalue weighted by molar-refractivity contribution is -0.126. The minimum atomic E-state index is 0.0897. The number of nitrogens with zero attached hydrogens (tertiary/aromatic N) is 1. The summed E-state index contributed by atoms with van der Waals surface area (Å²) in [5, 5.41) is 0. The van der Waals surface area contributed by atoms with Gasteiger partial charge in [0.25, 0.3) is 0 Å². The molecule has 0 aromatic heterocycles. The number of aryl methyl sites for hydroxylation is 2. The summed E-state index contributed by atoms with van der Waals surface area (Å²) in [5.41, 5.74) is 9.38. The van der Waals surface area contributed by atoms with Gasteiger partial charge in [0.05, 0.1) is 0 Å². The highest BCUT2D eigenvalue weighted by Crippen LogP contribution is 2.13. The minimum absolute atomic E-state index is 0.0897. The average molecular weight is 258 g/mol. The average Bonchev–Trinajstić information content (AvgIpc) is 2.38. The summed E-state index contributed by atoms with van der Waals surface area (Å²) >= 11 is 0. The zero-order chi connectivity index (χ0) is 13.8. The number of amides is 1. The number of benzene rings is 1. The molecule has 2 N–H and O–H groups in total. The van der Waals surface area contributed by atoms with Gasteiger partial charge in [-0.05, 0) is 43.9 Å². The van der Waals surface area contributed by atoms with E-state index in [1.165, 1.54) is 11.1 Å². The Kier molecular flexibility index (Phi) is 4.38. The van der Waals surface area contributed by atoms with Crippen LogP contribution in [0, 0.1) is 13.8 Å². The first kappa shape index (κ1) is 13.8. The lowest BCUT2D eigenvalue weighted by Gasteiger charge is -2.29. The van der Waals surface area contributed by atoms with Gasteiger partial charge in [0.15, 0.2) is 0 Å². The largest absolute Gasteiger partial charge is 0.339 e. The van der Waals surface area contributed by atoms with Crippen LogP contribution in [0.3, 0.4) is 0 Å². The number of hydrogen-bond donors (Lipinski definition) is 1. The SMILES string of the molecule is Cc1ccc(/C=C/C(=O)N2CCC(N)CC2)c(C)c1. The fraction of sp³-hybridized carbons (Fsp3) is 0.438. The molecule has 0 bridgehead atoms. The van der Waals surface area contributed by atoms with Gasteiger partial charge < -0.3 is 10.6 Å². The Bertz CT molecular complexity index is 486. The van der Waals surface area contributed by atoms with Crippen molar-refractivity contribution in [1.82, 2.24) is 4.90 Å². The van der Waals surface area contributed by atoms with Gasteiger partial charge in [-0.3, -0.25) is 4.79 Å². The highest BCUT2D eigenvalue weighted by atomic mass is 16.2. The Morgan fingerprint density at radius 3 is 2.63 bits per heavy atom. The molecule has 1 fully saturated rings. The standard InChI is InChI=1S/C16H22N2O/c1-12-3-4-14(13(2)11-12)5-6-16(19)18-9-7-15(17)8-10-18/h3-6,11,15H,7-10,17H2,1-2H3/b6-5+. The molecule has 1 aliphatic rings. The highest BCUT2D eigenvalue weighted by molar-refractivity contribution is 5.92. The van der Waals surface area contributed by atoms with E-state index in [0.29, 0.717) is 0 Å². The maximum absolute atomic E-state index is 12.1. The summed E-state index contributed by atoms with van der Waals surface area (Å²) in [6.45, 7) is 5.69. The number of hydrogen-bond acceptors (Lipinski definition) is 2. The summed E-state index contributed by atoms with van der Waals surface area (Å²) in [6, 6.07) is 6.51. The molecule has 1 aromatic carbocycles. The predicted octanol–water partition coefficient (Wildman–Crippen LogP) is 2.27. The molecule has 0 unspecified atom stereocenters. The van der Waals surface area contributed by atoms with Crippen LogP contribution in [0.5, 0.6) is 0 Å². The lowest BCUT2D eigenvalue weighted by atomic mass is 10.0. The molecule has 19 heavy (non-hydrogen) atoms. The molecule has 1 aliphatic heterocycles. The van der Waals surface area contributed by atoms with Gasteiger partial charge >= 0.3 is 0 Å². The highest BCUT2D eigenvalue weighted by Gasteiger charge is 2.18. The Labute approximate surface area is 115 Å². The van der Waals surface area contributed by atoms with Crippen LogP contribution in [-0.2, 0) is 4.79 Å². The van der Waals surface area contributed by atoms with E-state index >= 15 is 0 Å². The maximum Gasteiger partial charge on any atom is 0.246 e. The lowest BCUT2D eigenvalue weighted by Crippen LogP contribution is -2.42. The van der Waals surface area contributed by atoms with Crippen LogP contribution in [0.2, 0.25) is 0 Å². The fourth-order valence-electron chi connectivity index (χ4n) is 2.40. The van der Waals surface area contributed by atoms with Gasteiger partial charge in [-0.25, -0.2) is 0 Å². The Balaban J connectivity index is 2.00. The van der Waals surface area contributed by atoms with Crippen LogP contribution < -0.4 is 5.73 Å². The molecule has 1 amide bonds. The molecule has 1 heterocycles. The maximum atomic E-state index is 12.1. The molecule has 0 spiro atoms. The first-order valence-corrected chi connectivity index (χ1v) is 6.86. The van der Waals surface area contributed by atoms with Gasteiger partial charge in [0.1, 0.15) is 0 Å². The molecule has 3 heteroatoms. The molecule has 1 aromatic rings. The van der Waals surface area contributed by atoms with E-state index in [0.717, 1.165) is 31.5 Å². The normalized spacial score (nSPS) is 17.1. The second-order valence-electron chi connectivity index (χ2n) is 5.36. The molecule has 1 saturated heterocycles. The summed E-state index contributed by atoms with van der Waals surface area (Å²) in [7, 11) is 0. The molecule has 0 saturated carbocycles. The summed E-state index contributed by atoms with van der Waals surface area (Å²) < 4.78 is 0. The Hall–Kier alpha value is -1.61.